The van der Waals surface area contributed by atoms with Gasteiger partial charge in [0.05, 0.1) is 13.2 Å². The second kappa shape index (κ2) is 10.9. The molecule has 1 unspecified atom stereocenters. The number of ether oxygens (including phenoxy) is 1. The van der Waals surface area contributed by atoms with Crippen molar-refractivity contribution in [3.05, 3.63) is 0 Å². The third-order valence-electron chi connectivity index (χ3n) is 5.96. The molecule has 0 aromatic rings. The van der Waals surface area contributed by atoms with Gasteiger partial charge in [-0.25, -0.2) is 0 Å². The summed E-state index contributed by atoms with van der Waals surface area (Å²) in [6, 6.07) is 0.408. The molecule has 0 aromatic heterocycles. The van der Waals surface area contributed by atoms with E-state index in [4.69, 9.17) is 4.74 Å². The summed E-state index contributed by atoms with van der Waals surface area (Å²) in [7, 11) is 0. The van der Waals surface area contributed by atoms with E-state index in [-0.39, 0.29) is 30.4 Å². The molecule has 25 heavy (non-hydrogen) atoms. The van der Waals surface area contributed by atoms with Gasteiger partial charge in [0.2, 0.25) is 5.91 Å². The highest BCUT2D eigenvalue weighted by molar-refractivity contribution is 5.85. The Kier molecular flexibility index (Phi) is 10.0. The number of carbonyl (C=O) groups excluding carboxylic acids is 1. The van der Waals surface area contributed by atoms with Crippen LogP contribution in [-0.4, -0.2) is 73.2 Å². The Hall–Kier alpha value is -0.0700. The predicted octanol–water partition coefficient (Wildman–Crippen LogP) is 2.47. The number of rotatable bonds is 6. The largest absolute Gasteiger partial charge is 0.379 e. The number of amides is 1. The van der Waals surface area contributed by atoms with Gasteiger partial charge in [0.25, 0.3) is 0 Å². The van der Waals surface area contributed by atoms with Crippen molar-refractivity contribution in [3.63, 3.8) is 0 Å². The van der Waals surface area contributed by atoms with E-state index >= 15 is 0 Å². The van der Waals surface area contributed by atoms with Crippen LogP contribution in [0, 0.1) is 0 Å². The summed E-state index contributed by atoms with van der Waals surface area (Å²) in [5.74, 6) is 0.383. The zero-order chi connectivity index (χ0) is 16.1. The number of hydrogen-bond acceptors (Lipinski definition) is 4. The Bertz CT molecular complexity index is 394. The topological polar surface area (TPSA) is 44.8 Å². The number of nitrogens with one attached hydrogen (secondary N) is 1. The fourth-order valence-corrected chi connectivity index (χ4v) is 4.72. The van der Waals surface area contributed by atoms with Crippen LogP contribution in [-0.2, 0) is 9.53 Å². The monoisotopic (exact) mass is 395 g/mol. The Balaban J connectivity index is 0.00000156. The van der Waals surface area contributed by atoms with Crippen LogP contribution in [0.5, 0.6) is 0 Å². The molecule has 5 nitrogen and oxygen atoms in total. The first-order valence-electron chi connectivity index (χ1n) is 9.58. The lowest BCUT2D eigenvalue weighted by molar-refractivity contribution is -0.137. The van der Waals surface area contributed by atoms with Crippen molar-refractivity contribution in [1.82, 2.24) is 15.1 Å². The van der Waals surface area contributed by atoms with E-state index in [2.05, 4.69) is 22.0 Å². The molecule has 1 saturated carbocycles. The molecular weight excluding hydrogens is 361 g/mol. The fourth-order valence-electron chi connectivity index (χ4n) is 4.72. The fraction of sp³-hybridized carbons (Fsp3) is 0.944. The molecule has 0 aromatic carbocycles. The molecule has 3 aliphatic rings. The summed E-state index contributed by atoms with van der Waals surface area (Å²) in [5.41, 5.74) is 0.110. The molecule has 7 heteroatoms. The molecule has 148 valence electrons. The highest BCUT2D eigenvalue weighted by Gasteiger charge is 2.43. The van der Waals surface area contributed by atoms with Gasteiger partial charge in [0.15, 0.2) is 0 Å². The van der Waals surface area contributed by atoms with E-state index < -0.39 is 0 Å². The van der Waals surface area contributed by atoms with Crippen LogP contribution in [0.15, 0.2) is 0 Å². The van der Waals surface area contributed by atoms with Crippen LogP contribution < -0.4 is 5.32 Å². The zero-order valence-electron chi connectivity index (χ0n) is 15.5. The van der Waals surface area contributed by atoms with Gasteiger partial charge in [-0.15, -0.1) is 24.8 Å². The SMILES string of the molecule is CCCN(C(=O)CC1(N2CCOCC2)CCCC1)C1CCNC1.Cl.Cl. The van der Waals surface area contributed by atoms with Crippen LogP contribution in [0.3, 0.4) is 0 Å². The highest BCUT2D eigenvalue weighted by atomic mass is 35.5. The number of carbonyl (C=O) groups is 1. The van der Waals surface area contributed by atoms with Crippen molar-refractivity contribution < 1.29 is 9.53 Å². The minimum absolute atomic E-state index is 0. The second-order valence-corrected chi connectivity index (χ2v) is 7.44. The number of halogens is 2. The number of hydrogen-bond donors (Lipinski definition) is 1. The van der Waals surface area contributed by atoms with E-state index in [1.54, 1.807) is 0 Å². The summed E-state index contributed by atoms with van der Waals surface area (Å²) in [4.78, 5) is 17.9. The lowest BCUT2D eigenvalue weighted by Crippen LogP contribution is -2.55. The summed E-state index contributed by atoms with van der Waals surface area (Å²) >= 11 is 0. The van der Waals surface area contributed by atoms with Crippen LogP contribution in [0.1, 0.15) is 51.9 Å². The predicted molar refractivity (Wildman–Crippen MR) is 106 cm³/mol. The molecule has 3 rings (SSSR count). The number of morpholine rings is 1. The van der Waals surface area contributed by atoms with Crippen molar-refractivity contribution in [2.24, 2.45) is 0 Å². The van der Waals surface area contributed by atoms with Gasteiger partial charge in [-0.05, 0) is 32.2 Å². The molecule has 1 atom stereocenters. The van der Waals surface area contributed by atoms with E-state index in [0.717, 1.165) is 58.8 Å². The average Bonchev–Trinajstić information content (AvgIpc) is 3.26. The lowest BCUT2D eigenvalue weighted by Gasteiger charge is -2.44. The molecule has 0 spiro atoms. The molecule has 3 fully saturated rings. The van der Waals surface area contributed by atoms with E-state index in [1.807, 2.05) is 0 Å². The highest BCUT2D eigenvalue weighted by Crippen LogP contribution is 2.39. The maximum absolute atomic E-state index is 13.2. The van der Waals surface area contributed by atoms with Gasteiger partial charge in [0.1, 0.15) is 0 Å². The van der Waals surface area contributed by atoms with Gasteiger partial charge in [-0.1, -0.05) is 19.8 Å². The molecule has 1 N–H and O–H groups in total. The van der Waals surface area contributed by atoms with Gasteiger partial charge in [-0.3, -0.25) is 9.69 Å². The normalized spacial score (nSPS) is 25.9. The molecule has 1 aliphatic carbocycles. The first kappa shape index (κ1) is 23.0. The van der Waals surface area contributed by atoms with Crippen LogP contribution in [0.4, 0.5) is 0 Å². The molecule has 0 bridgehead atoms. The van der Waals surface area contributed by atoms with Gasteiger partial charge < -0.3 is 15.0 Å². The van der Waals surface area contributed by atoms with Crippen molar-refractivity contribution in [1.29, 1.82) is 0 Å². The molecule has 1 amide bonds. The smallest absolute Gasteiger partial charge is 0.224 e. The van der Waals surface area contributed by atoms with Crippen molar-refractivity contribution in [3.8, 4) is 0 Å². The third kappa shape index (κ3) is 5.46. The molecule has 2 aliphatic heterocycles. The van der Waals surface area contributed by atoms with Crippen LogP contribution in [0.25, 0.3) is 0 Å². The molecule has 0 radical (unpaired) electrons. The van der Waals surface area contributed by atoms with E-state index in [0.29, 0.717) is 18.4 Å². The summed E-state index contributed by atoms with van der Waals surface area (Å²) in [6.45, 7) is 8.73. The van der Waals surface area contributed by atoms with Crippen molar-refractivity contribution in [2.45, 2.75) is 63.5 Å². The zero-order valence-corrected chi connectivity index (χ0v) is 17.1. The minimum atomic E-state index is 0. The average molecular weight is 396 g/mol. The Morgan fingerprint density at radius 1 is 1.24 bits per heavy atom. The molecule has 2 heterocycles. The summed E-state index contributed by atoms with van der Waals surface area (Å²) in [6.07, 6.45) is 7.77. The van der Waals surface area contributed by atoms with Crippen LogP contribution >= 0.6 is 24.8 Å². The van der Waals surface area contributed by atoms with E-state index in [9.17, 15) is 4.79 Å². The lowest BCUT2D eigenvalue weighted by atomic mass is 9.89. The van der Waals surface area contributed by atoms with Gasteiger partial charge in [-0.2, -0.15) is 0 Å². The second-order valence-electron chi connectivity index (χ2n) is 7.44. The maximum Gasteiger partial charge on any atom is 0.224 e. The maximum atomic E-state index is 13.2. The van der Waals surface area contributed by atoms with Gasteiger partial charge >= 0.3 is 0 Å². The number of nitrogens with zero attached hydrogens (tertiary/aromatic N) is 2. The standard InChI is InChI=1S/C18H33N3O2.2ClH/c1-2-9-21(16-5-8-19-15-16)17(22)14-18(6-3-4-7-18)20-10-12-23-13-11-20;;/h16,19H,2-15H2,1H3;2*1H. The quantitative estimate of drug-likeness (QED) is 0.749. The Morgan fingerprint density at radius 3 is 2.48 bits per heavy atom. The Labute approximate surface area is 165 Å². The first-order chi connectivity index (χ1) is 11.2. The first-order valence-corrected chi connectivity index (χ1v) is 9.58. The van der Waals surface area contributed by atoms with Crippen molar-refractivity contribution >= 4 is 30.7 Å². The molecule has 2 saturated heterocycles. The minimum Gasteiger partial charge on any atom is -0.379 e. The van der Waals surface area contributed by atoms with Crippen LogP contribution in [0.2, 0.25) is 0 Å². The van der Waals surface area contributed by atoms with Gasteiger partial charge in [0, 0.05) is 44.2 Å². The Morgan fingerprint density at radius 2 is 1.92 bits per heavy atom. The summed E-state index contributed by atoms with van der Waals surface area (Å²) in [5, 5.41) is 3.41. The van der Waals surface area contributed by atoms with E-state index in [1.165, 1.54) is 25.7 Å². The summed E-state index contributed by atoms with van der Waals surface area (Å²) < 4.78 is 5.53. The molecular formula is C18H35Cl2N3O2. The third-order valence-corrected chi connectivity index (χ3v) is 5.96. The van der Waals surface area contributed by atoms with Crippen molar-refractivity contribution in [2.75, 3.05) is 45.9 Å².